The van der Waals surface area contributed by atoms with Crippen molar-refractivity contribution >= 4 is 5.91 Å². The molecule has 0 aliphatic carbocycles. The van der Waals surface area contributed by atoms with Crippen molar-refractivity contribution in [3.63, 3.8) is 0 Å². The van der Waals surface area contributed by atoms with Crippen molar-refractivity contribution in [1.29, 1.82) is 0 Å². The highest BCUT2D eigenvalue weighted by Crippen LogP contribution is 2.20. The highest BCUT2D eigenvalue weighted by molar-refractivity contribution is 5.95. The molecule has 0 spiro atoms. The van der Waals surface area contributed by atoms with Crippen molar-refractivity contribution < 1.29 is 9.90 Å². The quantitative estimate of drug-likeness (QED) is 0.916. The van der Waals surface area contributed by atoms with E-state index in [0.717, 1.165) is 11.1 Å². The van der Waals surface area contributed by atoms with Crippen molar-refractivity contribution in [2.45, 2.75) is 32.9 Å². The van der Waals surface area contributed by atoms with Gasteiger partial charge in [0.15, 0.2) is 0 Å². The van der Waals surface area contributed by atoms with Crippen LogP contribution >= 0.6 is 0 Å². The summed E-state index contributed by atoms with van der Waals surface area (Å²) >= 11 is 0. The van der Waals surface area contributed by atoms with Gasteiger partial charge in [-0.05, 0) is 44.0 Å². The molecule has 0 bridgehead atoms. The van der Waals surface area contributed by atoms with Crippen LogP contribution in [0.4, 0.5) is 0 Å². The molecule has 2 aromatic rings. The lowest BCUT2D eigenvalue weighted by Gasteiger charge is -2.28. The van der Waals surface area contributed by atoms with Gasteiger partial charge < -0.3 is 10.0 Å². The largest absolute Gasteiger partial charge is 0.392 e. The number of carbonyl (C=O) groups excluding carboxylic acids is 1. The van der Waals surface area contributed by atoms with E-state index < -0.39 is 6.10 Å². The van der Waals surface area contributed by atoms with Gasteiger partial charge in [-0.15, -0.1) is 0 Å². The Morgan fingerprint density at radius 2 is 1.50 bits per heavy atom. The third-order valence-corrected chi connectivity index (χ3v) is 3.58. The maximum absolute atomic E-state index is 12.6. The van der Waals surface area contributed by atoms with Crippen molar-refractivity contribution in [3.8, 4) is 11.1 Å². The Kier molecular flexibility index (Phi) is 5.34. The van der Waals surface area contributed by atoms with Crippen LogP contribution in [0.3, 0.4) is 0 Å². The average Bonchev–Trinajstić information content (AvgIpc) is 2.52. The van der Waals surface area contributed by atoms with E-state index >= 15 is 0 Å². The summed E-state index contributed by atoms with van der Waals surface area (Å²) in [6.07, 6.45) is -0.532. The first-order valence-corrected chi connectivity index (χ1v) is 7.63. The Morgan fingerprint density at radius 3 is 2.00 bits per heavy atom. The van der Waals surface area contributed by atoms with Crippen LogP contribution in [-0.4, -0.2) is 34.6 Å². The molecule has 2 aromatic carbocycles. The van der Waals surface area contributed by atoms with Gasteiger partial charge in [-0.25, -0.2) is 0 Å². The van der Waals surface area contributed by atoms with Crippen LogP contribution in [0.15, 0.2) is 54.6 Å². The normalized spacial score (nSPS) is 12.2. The standard InChI is InChI=1S/C19H23NO2/c1-14(2)20(13-15(3)21)19(22)18-11-9-17(10-12-18)16-7-5-4-6-8-16/h4-12,14-15,21H,13H2,1-3H3. The summed E-state index contributed by atoms with van der Waals surface area (Å²) < 4.78 is 0. The van der Waals surface area contributed by atoms with E-state index in [-0.39, 0.29) is 11.9 Å². The zero-order valence-electron chi connectivity index (χ0n) is 13.4. The smallest absolute Gasteiger partial charge is 0.254 e. The van der Waals surface area contributed by atoms with E-state index in [1.54, 1.807) is 11.8 Å². The molecule has 22 heavy (non-hydrogen) atoms. The maximum Gasteiger partial charge on any atom is 0.254 e. The lowest BCUT2D eigenvalue weighted by atomic mass is 10.0. The minimum Gasteiger partial charge on any atom is -0.392 e. The van der Waals surface area contributed by atoms with Gasteiger partial charge in [0.1, 0.15) is 0 Å². The van der Waals surface area contributed by atoms with Crippen molar-refractivity contribution in [2.24, 2.45) is 0 Å². The van der Waals surface area contributed by atoms with Crippen LogP contribution in [0.5, 0.6) is 0 Å². The molecule has 1 amide bonds. The van der Waals surface area contributed by atoms with Crippen LogP contribution < -0.4 is 0 Å². The number of aliphatic hydroxyl groups excluding tert-OH is 1. The van der Waals surface area contributed by atoms with Crippen LogP contribution in [0.2, 0.25) is 0 Å². The summed E-state index contributed by atoms with van der Waals surface area (Å²) in [5, 5.41) is 9.57. The van der Waals surface area contributed by atoms with Gasteiger partial charge in [0.05, 0.1) is 6.10 Å². The molecule has 0 heterocycles. The zero-order valence-corrected chi connectivity index (χ0v) is 13.4. The van der Waals surface area contributed by atoms with Crippen LogP contribution in [-0.2, 0) is 0 Å². The Bertz CT molecular complexity index is 603. The van der Waals surface area contributed by atoms with Gasteiger partial charge in [0, 0.05) is 18.2 Å². The monoisotopic (exact) mass is 297 g/mol. The first kappa shape index (κ1) is 16.2. The second-order valence-corrected chi connectivity index (χ2v) is 5.84. The minimum absolute atomic E-state index is 0.0458. The molecule has 0 aliphatic rings. The molecule has 3 nitrogen and oxygen atoms in total. The highest BCUT2D eigenvalue weighted by Gasteiger charge is 2.20. The second-order valence-electron chi connectivity index (χ2n) is 5.84. The van der Waals surface area contributed by atoms with Gasteiger partial charge in [0.2, 0.25) is 0 Å². The Balaban J connectivity index is 2.20. The van der Waals surface area contributed by atoms with E-state index in [0.29, 0.717) is 12.1 Å². The third-order valence-electron chi connectivity index (χ3n) is 3.58. The van der Waals surface area contributed by atoms with Gasteiger partial charge >= 0.3 is 0 Å². The molecule has 0 aliphatic heterocycles. The first-order chi connectivity index (χ1) is 10.5. The van der Waals surface area contributed by atoms with E-state index in [1.807, 2.05) is 68.4 Å². The number of rotatable bonds is 5. The molecule has 3 heteroatoms. The Labute approximate surface area is 132 Å². The lowest BCUT2D eigenvalue weighted by Crippen LogP contribution is -2.41. The van der Waals surface area contributed by atoms with E-state index in [4.69, 9.17) is 0 Å². The van der Waals surface area contributed by atoms with Crippen molar-refractivity contribution in [3.05, 3.63) is 60.2 Å². The number of hydrogen-bond donors (Lipinski definition) is 1. The van der Waals surface area contributed by atoms with Gasteiger partial charge in [0.25, 0.3) is 5.91 Å². The maximum atomic E-state index is 12.6. The summed E-state index contributed by atoms with van der Waals surface area (Å²) in [6, 6.07) is 17.7. The van der Waals surface area contributed by atoms with Gasteiger partial charge in [-0.2, -0.15) is 0 Å². The number of hydrogen-bond acceptors (Lipinski definition) is 2. The average molecular weight is 297 g/mol. The van der Waals surface area contributed by atoms with Gasteiger partial charge in [-0.1, -0.05) is 42.5 Å². The molecule has 1 atom stereocenters. The molecule has 0 aromatic heterocycles. The zero-order chi connectivity index (χ0) is 16.1. The number of aliphatic hydroxyl groups is 1. The lowest BCUT2D eigenvalue weighted by molar-refractivity contribution is 0.0579. The highest BCUT2D eigenvalue weighted by atomic mass is 16.3. The third kappa shape index (κ3) is 3.95. The molecule has 0 fully saturated rings. The minimum atomic E-state index is -0.532. The number of amides is 1. The number of nitrogens with zero attached hydrogens (tertiary/aromatic N) is 1. The summed E-state index contributed by atoms with van der Waals surface area (Å²) in [4.78, 5) is 14.3. The van der Waals surface area contributed by atoms with Crippen molar-refractivity contribution in [2.75, 3.05) is 6.54 Å². The molecule has 0 saturated carbocycles. The molecule has 116 valence electrons. The molecular weight excluding hydrogens is 274 g/mol. The fraction of sp³-hybridized carbons (Fsp3) is 0.316. The summed E-state index contributed by atoms with van der Waals surface area (Å²) in [6.45, 7) is 5.95. The number of benzene rings is 2. The molecule has 2 rings (SSSR count). The molecular formula is C19H23NO2. The Hall–Kier alpha value is -2.13. The topological polar surface area (TPSA) is 40.5 Å². The molecule has 0 saturated heterocycles. The number of carbonyl (C=O) groups is 1. The van der Waals surface area contributed by atoms with Crippen molar-refractivity contribution in [1.82, 2.24) is 4.90 Å². The van der Waals surface area contributed by atoms with E-state index in [9.17, 15) is 9.90 Å². The predicted molar refractivity (Wildman–Crippen MR) is 89.7 cm³/mol. The van der Waals surface area contributed by atoms with E-state index in [1.165, 1.54) is 0 Å². The molecule has 1 unspecified atom stereocenters. The fourth-order valence-electron chi connectivity index (χ4n) is 2.41. The van der Waals surface area contributed by atoms with Crippen LogP contribution in [0.25, 0.3) is 11.1 Å². The summed E-state index contributed by atoms with van der Waals surface area (Å²) in [5.74, 6) is -0.0458. The first-order valence-electron chi connectivity index (χ1n) is 7.63. The Morgan fingerprint density at radius 1 is 0.955 bits per heavy atom. The van der Waals surface area contributed by atoms with Crippen LogP contribution in [0.1, 0.15) is 31.1 Å². The van der Waals surface area contributed by atoms with Gasteiger partial charge in [-0.3, -0.25) is 4.79 Å². The molecule has 1 N–H and O–H groups in total. The SMILES string of the molecule is CC(O)CN(C(=O)c1ccc(-c2ccccc2)cc1)C(C)C. The summed E-state index contributed by atoms with van der Waals surface area (Å²) in [7, 11) is 0. The molecule has 0 radical (unpaired) electrons. The fourth-order valence-corrected chi connectivity index (χ4v) is 2.41. The van der Waals surface area contributed by atoms with Crippen LogP contribution in [0, 0.1) is 0 Å². The predicted octanol–water partition coefficient (Wildman–Crippen LogP) is 3.59. The van der Waals surface area contributed by atoms with E-state index in [2.05, 4.69) is 0 Å². The summed E-state index contributed by atoms with van der Waals surface area (Å²) in [5.41, 5.74) is 2.86. The second kappa shape index (κ2) is 7.23.